The van der Waals surface area contributed by atoms with Crippen LogP contribution in [-0.4, -0.2) is 21.1 Å². The third kappa shape index (κ3) is 2.77. The summed E-state index contributed by atoms with van der Waals surface area (Å²) in [5.74, 6) is 2.52. The van der Waals surface area contributed by atoms with Crippen molar-refractivity contribution in [3.05, 3.63) is 17.7 Å². The zero-order valence-corrected chi connectivity index (χ0v) is 10.4. The van der Waals surface area contributed by atoms with Gasteiger partial charge in [0.05, 0.1) is 12.0 Å². The van der Waals surface area contributed by atoms with Gasteiger partial charge in [-0.1, -0.05) is 6.92 Å². The average molecular weight is 224 g/mol. The number of aromatic nitrogens is 2. The van der Waals surface area contributed by atoms with Crippen LogP contribution in [0.4, 0.5) is 0 Å². The van der Waals surface area contributed by atoms with Crippen molar-refractivity contribution in [2.75, 3.05) is 11.5 Å². The Morgan fingerprint density at radius 1 is 1.40 bits per heavy atom. The number of imidazole rings is 1. The van der Waals surface area contributed by atoms with Crippen molar-refractivity contribution in [3.63, 3.8) is 0 Å². The van der Waals surface area contributed by atoms with Crippen LogP contribution in [0.2, 0.25) is 0 Å². The van der Waals surface area contributed by atoms with Gasteiger partial charge in [0.15, 0.2) is 0 Å². The molecule has 0 saturated heterocycles. The lowest BCUT2D eigenvalue weighted by molar-refractivity contribution is 0.598. The first kappa shape index (κ1) is 11.1. The van der Waals surface area contributed by atoms with Gasteiger partial charge >= 0.3 is 0 Å². The monoisotopic (exact) mass is 224 g/mol. The first-order chi connectivity index (χ1) is 7.42. The highest BCUT2D eigenvalue weighted by Gasteiger charge is 2.14. The SMILES string of the molecule is CCSCCCn1cnc2c1CCCC2. The molecular formula is C12H20N2S. The van der Waals surface area contributed by atoms with E-state index in [4.69, 9.17) is 0 Å². The molecule has 0 N–H and O–H groups in total. The molecule has 0 saturated carbocycles. The summed E-state index contributed by atoms with van der Waals surface area (Å²) in [5, 5.41) is 0. The third-order valence-electron chi connectivity index (χ3n) is 3.00. The number of aryl methyl sites for hydroxylation is 2. The topological polar surface area (TPSA) is 17.8 Å². The Labute approximate surface area is 96.5 Å². The van der Waals surface area contributed by atoms with E-state index in [0.717, 1.165) is 6.54 Å². The van der Waals surface area contributed by atoms with Gasteiger partial charge in [-0.3, -0.25) is 0 Å². The summed E-state index contributed by atoms with van der Waals surface area (Å²) in [4.78, 5) is 4.51. The molecule has 1 heterocycles. The molecule has 1 aliphatic carbocycles. The molecule has 3 heteroatoms. The fraction of sp³-hybridized carbons (Fsp3) is 0.750. The van der Waals surface area contributed by atoms with Crippen molar-refractivity contribution in [2.45, 2.75) is 45.6 Å². The minimum absolute atomic E-state index is 1.16. The molecular weight excluding hydrogens is 204 g/mol. The standard InChI is InChI=1S/C12H20N2S/c1-2-15-9-5-8-14-10-13-11-6-3-4-7-12(11)14/h10H,2-9H2,1H3. The number of hydrogen-bond donors (Lipinski definition) is 0. The van der Waals surface area contributed by atoms with Crippen LogP contribution < -0.4 is 0 Å². The fourth-order valence-corrected chi connectivity index (χ4v) is 2.83. The molecule has 15 heavy (non-hydrogen) atoms. The molecule has 1 aromatic rings. The molecule has 1 aliphatic rings. The van der Waals surface area contributed by atoms with E-state index in [1.165, 1.54) is 55.0 Å². The zero-order valence-electron chi connectivity index (χ0n) is 9.54. The first-order valence-corrected chi connectivity index (χ1v) is 7.18. The van der Waals surface area contributed by atoms with Gasteiger partial charge in [0.25, 0.3) is 0 Å². The molecule has 0 amide bonds. The molecule has 0 radical (unpaired) electrons. The number of hydrogen-bond acceptors (Lipinski definition) is 2. The lowest BCUT2D eigenvalue weighted by Gasteiger charge is -2.13. The highest BCUT2D eigenvalue weighted by atomic mass is 32.2. The molecule has 0 aromatic carbocycles. The Morgan fingerprint density at radius 3 is 3.13 bits per heavy atom. The quantitative estimate of drug-likeness (QED) is 0.716. The minimum atomic E-state index is 1.16. The largest absolute Gasteiger partial charge is 0.334 e. The van der Waals surface area contributed by atoms with Crippen LogP contribution in [0.15, 0.2) is 6.33 Å². The summed E-state index contributed by atoms with van der Waals surface area (Å²) >= 11 is 2.03. The van der Waals surface area contributed by atoms with Crippen LogP contribution in [0.25, 0.3) is 0 Å². The average Bonchev–Trinajstić information content (AvgIpc) is 2.68. The van der Waals surface area contributed by atoms with Gasteiger partial charge < -0.3 is 4.57 Å². The van der Waals surface area contributed by atoms with Crippen molar-refractivity contribution in [1.29, 1.82) is 0 Å². The Bertz CT molecular complexity index is 307. The first-order valence-electron chi connectivity index (χ1n) is 6.02. The number of thioether (sulfide) groups is 1. The molecule has 0 atom stereocenters. The second-order valence-electron chi connectivity index (χ2n) is 4.09. The smallest absolute Gasteiger partial charge is 0.0951 e. The van der Waals surface area contributed by atoms with E-state index in [0.29, 0.717) is 0 Å². The van der Waals surface area contributed by atoms with E-state index in [-0.39, 0.29) is 0 Å². The predicted octanol–water partition coefficient (Wildman–Crippen LogP) is 2.91. The van der Waals surface area contributed by atoms with Crippen molar-refractivity contribution in [3.8, 4) is 0 Å². The van der Waals surface area contributed by atoms with E-state index in [2.05, 4.69) is 16.5 Å². The maximum Gasteiger partial charge on any atom is 0.0951 e. The molecule has 0 fully saturated rings. The van der Waals surface area contributed by atoms with Crippen molar-refractivity contribution < 1.29 is 0 Å². The molecule has 2 rings (SSSR count). The van der Waals surface area contributed by atoms with E-state index in [1.54, 1.807) is 0 Å². The maximum atomic E-state index is 4.51. The fourth-order valence-electron chi connectivity index (χ4n) is 2.20. The molecule has 0 aliphatic heterocycles. The van der Waals surface area contributed by atoms with Crippen molar-refractivity contribution >= 4 is 11.8 Å². The van der Waals surface area contributed by atoms with Gasteiger partial charge in [-0.2, -0.15) is 11.8 Å². The highest BCUT2D eigenvalue weighted by molar-refractivity contribution is 7.99. The van der Waals surface area contributed by atoms with Crippen LogP contribution in [-0.2, 0) is 19.4 Å². The van der Waals surface area contributed by atoms with E-state index in [9.17, 15) is 0 Å². The van der Waals surface area contributed by atoms with Gasteiger partial charge in [0, 0.05) is 12.2 Å². The molecule has 0 bridgehead atoms. The summed E-state index contributed by atoms with van der Waals surface area (Å²) in [5.41, 5.74) is 2.88. The van der Waals surface area contributed by atoms with Crippen LogP contribution >= 0.6 is 11.8 Å². The van der Waals surface area contributed by atoms with E-state index < -0.39 is 0 Å². The predicted molar refractivity (Wildman–Crippen MR) is 66.5 cm³/mol. The summed E-state index contributed by atoms with van der Waals surface area (Å²) in [6, 6.07) is 0. The molecule has 84 valence electrons. The van der Waals surface area contributed by atoms with Gasteiger partial charge in [-0.25, -0.2) is 4.98 Å². The zero-order chi connectivity index (χ0) is 10.5. The van der Waals surface area contributed by atoms with Crippen molar-refractivity contribution in [2.24, 2.45) is 0 Å². The second kappa shape index (κ2) is 5.59. The Morgan fingerprint density at radius 2 is 2.27 bits per heavy atom. The second-order valence-corrected chi connectivity index (χ2v) is 5.48. The van der Waals surface area contributed by atoms with Crippen LogP contribution in [0, 0.1) is 0 Å². The Hall–Kier alpha value is -0.440. The van der Waals surface area contributed by atoms with Gasteiger partial charge in [0.2, 0.25) is 0 Å². The van der Waals surface area contributed by atoms with Crippen LogP contribution in [0.5, 0.6) is 0 Å². The minimum Gasteiger partial charge on any atom is -0.334 e. The molecule has 1 aromatic heterocycles. The molecule has 0 unspecified atom stereocenters. The lowest BCUT2D eigenvalue weighted by atomic mass is 10.0. The maximum absolute atomic E-state index is 4.51. The molecule has 0 spiro atoms. The summed E-state index contributed by atoms with van der Waals surface area (Å²) in [7, 11) is 0. The third-order valence-corrected chi connectivity index (χ3v) is 3.99. The summed E-state index contributed by atoms with van der Waals surface area (Å²) in [6.07, 6.45) is 8.45. The van der Waals surface area contributed by atoms with Crippen LogP contribution in [0.1, 0.15) is 37.6 Å². The van der Waals surface area contributed by atoms with E-state index >= 15 is 0 Å². The number of rotatable bonds is 5. The molecule has 2 nitrogen and oxygen atoms in total. The van der Waals surface area contributed by atoms with Gasteiger partial charge in [-0.05, 0) is 43.6 Å². The van der Waals surface area contributed by atoms with Gasteiger partial charge in [-0.15, -0.1) is 0 Å². The Balaban J connectivity index is 1.88. The number of nitrogens with zero attached hydrogens (tertiary/aromatic N) is 2. The van der Waals surface area contributed by atoms with Gasteiger partial charge in [0.1, 0.15) is 0 Å². The highest BCUT2D eigenvalue weighted by Crippen LogP contribution is 2.20. The van der Waals surface area contributed by atoms with E-state index in [1.807, 2.05) is 18.1 Å². The summed E-state index contributed by atoms with van der Waals surface area (Å²) < 4.78 is 2.38. The Kier molecular flexibility index (Phi) is 4.12. The normalized spacial score (nSPS) is 15.3. The number of fused-ring (bicyclic) bond motifs is 1. The van der Waals surface area contributed by atoms with Crippen molar-refractivity contribution in [1.82, 2.24) is 9.55 Å². The lowest BCUT2D eigenvalue weighted by Crippen LogP contribution is -2.08. The van der Waals surface area contributed by atoms with Crippen LogP contribution in [0.3, 0.4) is 0 Å². The summed E-state index contributed by atoms with van der Waals surface area (Å²) in [6.45, 7) is 3.39.